The summed E-state index contributed by atoms with van der Waals surface area (Å²) in [5.74, 6) is 1.52. The second-order valence-electron chi connectivity index (χ2n) is 7.76. The van der Waals surface area contributed by atoms with Gasteiger partial charge in [0.25, 0.3) is 5.91 Å². The lowest BCUT2D eigenvalue weighted by Crippen LogP contribution is -2.41. The van der Waals surface area contributed by atoms with Gasteiger partial charge in [-0.2, -0.15) is 0 Å². The first kappa shape index (κ1) is 21.0. The van der Waals surface area contributed by atoms with Crippen LogP contribution in [-0.4, -0.2) is 38.1 Å². The van der Waals surface area contributed by atoms with E-state index in [0.29, 0.717) is 18.1 Å². The molecule has 0 saturated carbocycles. The summed E-state index contributed by atoms with van der Waals surface area (Å²) in [4.78, 5) is 15.0. The van der Waals surface area contributed by atoms with Gasteiger partial charge in [0, 0.05) is 19.6 Å². The minimum atomic E-state index is -0.214. The third-order valence-corrected chi connectivity index (χ3v) is 5.95. The van der Waals surface area contributed by atoms with E-state index in [1.54, 1.807) is 26.4 Å². The summed E-state index contributed by atoms with van der Waals surface area (Å²) in [7, 11) is 3.30. The molecule has 0 bridgehead atoms. The fourth-order valence-electron chi connectivity index (χ4n) is 4.20. The fraction of sp³-hybridized carbons (Fsp3) is 0.320. The number of amides is 1. The topological polar surface area (TPSA) is 63.9 Å². The first-order chi connectivity index (χ1) is 15.1. The van der Waals surface area contributed by atoms with Gasteiger partial charge in [0.05, 0.1) is 26.5 Å². The largest absolute Gasteiger partial charge is 0.493 e. The lowest BCUT2D eigenvalue weighted by Gasteiger charge is -2.38. The van der Waals surface area contributed by atoms with Crippen molar-refractivity contribution >= 4 is 5.91 Å². The summed E-state index contributed by atoms with van der Waals surface area (Å²) >= 11 is 0. The molecule has 1 atom stereocenters. The Morgan fingerprint density at radius 2 is 1.90 bits per heavy atom. The SMILES string of the molecule is COc1cc2c(cc1OC)[C@H](CNC(=O)c1ccco1)N(Cc1ccccc1C)CC2. The Morgan fingerprint density at radius 3 is 2.61 bits per heavy atom. The highest BCUT2D eigenvalue weighted by molar-refractivity contribution is 5.91. The molecule has 162 valence electrons. The normalized spacial score (nSPS) is 15.9. The zero-order chi connectivity index (χ0) is 21.8. The van der Waals surface area contributed by atoms with E-state index < -0.39 is 0 Å². The van der Waals surface area contributed by atoms with E-state index in [4.69, 9.17) is 13.9 Å². The highest BCUT2D eigenvalue weighted by atomic mass is 16.5. The van der Waals surface area contributed by atoms with E-state index in [-0.39, 0.29) is 11.9 Å². The summed E-state index contributed by atoms with van der Waals surface area (Å²) in [6.45, 7) is 4.29. The summed E-state index contributed by atoms with van der Waals surface area (Å²) < 4.78 is 16.3. The minimum Gasteiger partial charge on any atom is -0.493 e. The molecular weight excluding hydrogens is 392 g/mol. The van der Waals surface area contributed by atoms with Crippen molar-refractivity contribution in [3.63, 3.8) is 0 Å². The van der Waals surface area contributed by atoms with E-state index in [9.17, 15) is 4.79 Å². The molecule has 0 saturated heterocycles. The van der Waals surface area contributed by atoms with Crippen molar-refractivity contribution in [3.8, 4) is 11.5 Å². The van der Waals surface area contributed by atoms with E-state index in [0.717, 1.165) is 30.8 Å². The smallest absolute Gasteiger partial charge is 0.287 e. The van der Waals surface area contributed by atoms with Crippen LogP contribution in [0.3, 0.4) is 0 Å². The van der Waals surface area contributed by atoms with Gasteiger partial charge >= 0.3 is 0 Å². The number of rotatable bonds is 7. The number of carbonyl (C=O) groups excluding carboxylic acids is 1. The van der Waals surface area contributed by atoms with Crippen LogP contribution in [0.2, 0.25) is 0 Å². The zero-order valence-corrected chi connectivity index (χ0v) is 18.2. The summed E-state index contributed by atoms with van der Waals surface area (Å²) in [6.07, 6.45) is 2.41. The maximum Gasteiger partial charge on any atom is 0.287 e. The molecule has 1 aromatic heterocycles. The highest BCUT2D eigenvalue weighted by Gasteiger charge is 2.30. The Labute approximate surface area is 182 Å². The van der Waals surface area contributed by atoms with Crippen LogP contribution in [0.25, 0.3) is 0 Å². The van der Waals surface area contributed by atoms with Crippen LogP contribution in [0.4, 0.5) is 0 Å². The molecule has 6 nitrogen and oxygen atoms in total. The number of methoxy groups -OCH3 is 2. The van der Waals surface area contributed by atoms with Gasteiger partial charge in [-0.15, -0.1) is 0 Å². The average Bonchev–Trinajstić information content (AvgIpc) is 3.33. The van der Waals surface area contributed by atoms with Crippen molar-refractivity contribution in [3.05, 3.63) is 82.8 Å². The number of nitrogens with zero attached hydrogens (tertiary/aromatic N) is 1. The summed E-state index contributed by atoms with van der Waals surface area (Å²) in [6, 6.07) is 15.9. The van der Waals surface area contributed by atoms with Gasteiger partial charge in [0.2, 0.25) is 0 Å². The van der Waals surface area contributed by atoms with E-state index in [1.165, 1.54) is 23.0 Å². The zero-order valence-electron chi connectivity index (χ0n) is 18.2. The van der Waals surface area contributed by atoms with E-state index in [1.807, 2.05) is 6.07 Å². The Morgan fingerprint density at radius 1 is 1.13 bits per heavy atom. The van der Waals surface area contributed by atoms with Crippen LogP contribution >= 0.6 is 0 Å². The van der Waals surface area contributed by atoms with Crippen molar-refractivity contribution < 1.29 is 18.7 Å². The molecule has 2 aromatic carbocycles. The maximum absolute atomic E-state index is 12.5. The number of furan rings is 1. The predicted octanol–water partition coefficient (Wildman–Crippen LogP) is 4.13. The number of nitrogens with one attached hydrogen (secondary N) is 1. The van der Waals surface area contributed by atoms with Crippen molar-refractivity contribution in [2.75, 3.05) is 27.3 Å². The molecule has 4 rings (SSSR count). The summed E-state index contributed by atoms with van der Waals surface area (Å²) in [5, 5.41) is 3.05. The van der Waals surface area contributed by atoms with Crippen molar-refractivity contribution in [1.29, 1.82) is 0 Å². The molecule has 1 amide bonds. The van der Waals surface area contributed by atoms with E-state index in [2.05, 4.69) is 47.5 Å². The van der Waals surface area contributed by atoms with Crippen molar-refractivity contribution in [2.24, 2.45) is 0 Å². The maximum atomic E-state index is 12.5. The molecular formula is C25H28N2O4. The van der Waals surface area contributed by atoms with Gasteiger partial charge < -0.3 is 19.2 Å². The Hall–Kier alpha value is -3.25. The molecule has 0 radical (unpaired) electrons. The lowest BCUT2D eigenvalue weighted by atomic mass is 9.91. The molecule has 0 fully saturated rings. The van der Waals surface area contributed by atoms with Crippen LogP contribution < -0.4 is 14.8 Å². The number of ether oxygens (including phenoxy) is 2. The molecule has 0 aliphatic carbocycles. The molecule has 1 aliphatic rings. The molecule has 1 aliphatic heterocycles. The predicted molar refractivity (Wildman–Crippen MR) is 119 cm³/mol. The molecule has 6 heteroatoms. The van der Waals surface area contributed by atoms with Gasteiger partial charge in [-0.05, 0) is 59.9 Å². The summed E-state index contributed by atoms with van der Waals surface area (Å²) in [5.41, 5.74) is 4.92. The lowest BCUT2D eigenvalue weighted by molar-refractivity contribution is 0.0898. The molecule has 0 spiro atoms. The molecule has 2 heterocycles. The second kappa shape index (κ2) is 9.27. The molecule has 31 heavy (non-hydrogen) atoms. The first-order valence-electron chi connectivity index (χ1n) is 10.5. The average molecular weight is 421 g/mol. The van der Waals surface area contributed by atoms with Crippen LogP contribution in [-0.2, 0) is 13.0 Å². The highest BCUT2D eigenvalue weighted by Crippen LogP contribution is 2.38. The second-order valence-corrected chi connectivity index (χ2v) is 7.76. The van der Waals surface area contributed by atoms with Gasteiger partial charge in [-0.3, -0.25) is 9.69 Å². The van der Waals surface area contributed by atoms with Crippen LogP contribution in [0.1, 0.15) is 38.9 Å². The minimum absolute atomic E-state index is 0.00192. The van der Waals surface area contributed by atoms with Gasteiger partial charge in [-0.1, -0.05) is 24.3 Å². The first-order valence-corrected chi connectivity index (χ1v) is 10.5. The van der Waals surface area contributed by atoms with Crippen molar-refractivity contribution in [1.82, 2.24) is 10.2 Å². The van der Waals surface area contributed by atoms with Crippen LogP contribution in [0.15, 0.2) is 59.2 Å². The molecule has 0 unspecified atom stereocenters. The quantitative estimate of drug-likeness (QED) is 0.623. The van der Waals surface area contributed by atoms with E-state index >= 15 is 0 Å². The number of fused-ring (bicyclic) bond motifs is 1. The van der Waals surface area contributed by atoms with Crippen LogP contribution in [0.5, 0.6) is 11.5 Å². The fourth-order valence-corrected chi connectivity index (χ4v) is 4.20. The third-order valence-electron chi connectivity index (χ3n) is 5.95. The number of carbonyl (C=O) groups is 1. The van der Waals surface area contributed by atoms with Gasteiger partial charge in [-0.25, -0.2) is 0 Å². The molecule has 1 N–H and O–H groups in total. The molecule has 3 aromatic rings. The number of hydrogen-bond acceptors (Lipinski definition) is 5. The monoisotopic (exact) mass is 420 g/mol. The van der Waals surface area contributed by atoms with Gasteiger partial charge in [0.15, 0.2) is 17.3 Å². The number of benzene rings is 2. The third kappa shape index (κ3) is 4.44. The van der Waals surface area contributed by atoms with Crippen LogP contribution in [0, 0.1) is 6.92 Å². The number of aryl methyl sites for hydroxylation is 1. The standard InChI is InChI=1S/C25H28N2O4/c1-17-7-4-5-8-19(17)16-27-11-10-18-13-23(29-2)24(30-3)14-20(18)21(27)15-26-25(28)22-9-6-12-31-22/h4-9,12-14,21H,10-11,15-16H2,1-3H3,(H,26,28)/t21-/m0/s1. The Kier molecular flexibility index (Phi) is 6.28. The van der Waals surface area contributed by atoms with Crippen molar-refractivity contribution in [2.45, 2.75) is 25.9 Å². The number of hydrogen-bond donors (Lipinski definition) is 1. The Bertz CT molecular complexity index is 1050. The Balaban J connectivity index is 1.65. The van der Waals surface area contributed by atoms with Gasteiger partial charge in [0.1, 0.15) is 0 Å².